The van der Waals surface area contributed by atoms with Crippen LogP contribution in [0.4, 0.5) is 10.1 Å². The van der Waals surface area contributed by atoms with Gasteiger partial charge in [0.25, 0.3) is 5.91 Å². The lowest BCUT2D eigenvalue weighted by atomic mass is 9.71. The summed E-state index contributed by atoms with van der Waals surface area (Å²) in [5.74, 6) is 0.303. The number of amides is 1. The number of aliphatic hydroxyl groups is 1. The second-order valence-electron chi connectivity index (χ2n) is 8.32. The fourth-order valence-corrected chi connectivity index (χ4v) is 5.16. The Labute approximate surface area is 186 Å². The highest BCUT2D eigenvalue weighted by Crippen LogP contribution is 2.49. The van der Waals surface area contributed by atoms with Crippen LogP contribution in [-0.2, 0) is 6.54 Å². The van der Waals surface area contributed by atoms with Crippen LogP contribution in [0.25, 0.3) is 0 Å². The molecule has 3 aromatic rings. The Morgan fingerprint density at radius 2 is 1.78 bits per heavy atom. The van der Waals surface area contributed by atoms with Crippen molar-refractivity contribution in [2.45, 2.75) is 24.5 Å². The van der Waals surface area contributed by atoms with Gasteiger partial charge in [-0.15, -0.1) is 0 Å². The topological polar surface area (TPSA) is 53.0 Å². The number of para-hydroxylation sites is 2. The molecule has 0 aliphatic carbocycles. The number of hydrogen-bond acceptors (Lipinski definition) is 4. The predicted octanol–water partition coefficient (Wildman–Crippen LogP) is 3.82. The van der Waals surface area contributed by atoms with Gasteiger partial charge in [-0.1, -0.05) is 42.5 Å². The molecule has 164 valence electrons. The van der Waals surface area contributed by atoms with E-state index in [9.17, 15) is 14.3 Å². The first kappa shape index (κ1) is 20.7. The SMILES string of the molecule is COc1ccccc1C(=O)N1C[C@H]2[C@@H](c3ccccc31)[C@H](CO)N2Cc1ccc(F)cc1. The summed E-state index contributed by atoms with van der Waals surface area (Å²) < 4.78 is 18.8. The highest BCUT2D eigenvalue weighted by molar-refractivity contribution is 6.08. The molecule has 32 heavy (non-hydrogen) atoms. The van der Waals surface area contributed by atoms with Crippen molar-refractivity contribution in [2.75, 3.05) is 25.2 Å². The molecule has 2 aliphatic rings. The Balaban J connectivity index is 1.50. The van der Waals surface area contributed by atoms with Gasteiger partial charge in [-0.3, -0.25) is 9.69 Å². The molecule has 5 nitrogen and oxygen atoms in total. The summed E-state index contributed by atoms with van der Waals surface area (Å²) >= 11 is 0. The molecule has 2 heterocycles. The number of anilines is 1. The van der Waals surface area contributed by atoms with E-state index in [-0.39, 0.29) is 36.3 Å². The average Bonchev–Trinajstić information content (AvgIpc) is 2.83. The van der Waals surface area contributed by atoms with Gasteiger partial charge in [-0.25, -0.2) is 4.39 Å². The molecular weight excluding hydrogens is 407 g/mol. The standard InChI is InChI=1S/C26H25FN2O3/c1-32-24-9-5-3-7-20(24)26(31)29-15-22-25(19-6-2-4-8-21(19)29)23(16-30)28(22)14-17-10-12-18(27)13-11-17/h2-13,22-23,25,30H,14-16H2,1H3/t22-,23-,25+/m0/s1. The van der Waals surface area contributed by atoms with Gasteiger partial charge in [0.05, 0.1) is 19.3 Å². The van der Waals surface area contributed by atoms with E-state index >= 15 is 0 Å². The van der Waals surface area contributed by atoms with Crippen LogP contribution in [-0.4, -0.2) is 48.3 Å². The molecule has 1 saturated heterocycles. The minimum Gasteiger partial charge on any atom is -0.496 e. The van der Waals surface area contributed by atoms with Crippen LogP contribution in [0, 0.1) is 5.82 Å². The summed E-state index contributed by atoms with van der Waals surface area (Å²) in [5, 5.41) is 10.2. The van der Waals surface area contributed by atoms with E-state index in [0.29, 0.717) is 24.4 Å². The van der Waals surface area contributed by atoms with E-state index in [1.54, 1.807) is 31.4 Å². The maximum atomic E-state index is 13.6. The van der Waals surface area contributed by atoms with Crippen LogP contribution in [0.3, 0.4) is 0 Å². The van der Waals surface area contributed by atoms with Crippen LogP contribution in [0.2, 0.25) is 0 Å². The van der Waals surface area contributed by atoms with Crippen molar-refractivity contribution in [1.29, 1.82) is 0 Å². The third-order valence-corrected chi connectivity index (χ3v) is 6.69. The molecule has 0 spiro atoms. The third-order valence-electron chi connectivity index (χ3n) is 6.69. The lowest BCUT2D eigenvalue weighted by Gasteiger charge is -2.59. The smallest absolute Gasteiger partial charge is 0.262 e. The molecule has 3 atom stereocenters. The molecule has 1 amide bonds. The number of halogens is 1. The largest absolute Gasteiger partial charge is 0.496 e. The van der Waals surface area contributed by atoms with Crippen LogP contribution in [0.15, 0.2) is 72.8 Å². The first-order chi connectivity index (χ1) is 15.6. The average molecular weight is 432 g/mol. The van der Waals surface area contributed by atoms with E-state index in [4.69, 9.17) is 4.74 Å². The zero-order valence-electron chi connectivity index (χ0n) is 17.8. The van der Waals surface area contributed by atoms with Crippen molar-refractivity contribution < 1.29 is 19.0 Å². The Hall–Kier alpha value is -3.22. The molecule has 1 fully saturated rings. The number of carbonyl (C=O) groups excluding carboxylic acids is 1. The van der Waals surface area contributed by atoms with Crippen LogP contribution in [0.5, 0.6) is 5.75 Å². The highest BCUT2D eigenvalue weighted by Gasteiger charge is 2.53. The maximum Gasteiger partial charge on any atom is 0.262 e. The van der Waals surface area contributed by atoms with Gasteiger partial charge in [-0.05, 0) is 41.5 Å². The number of hydrogen-bond donors (Lipinski definition) is 1. The van der Waals surface area contributed by atoms with Crippen molar-refractivity contribution in [3.8, 4) is 5.75 Å². The van der Waals surface area contributed by atoms with Gasteiger partial charge >= 0.3 is 0 Å². The van der Waals surface area contributed by atoms with Gasteiger partial charge in [0.15, 0.2) is 0 Å². The van der Waals surface area contributed by atoms with E-state index in [0.717, 1.165) is 16.8 Å². The molecule has 1 N–H and O–H groups in total. The van der Waals surface area contributed by atoms with Crippen LogP contribution >= 0.6 is 0 Å². The second kappa shape index (κ2) is 8.37. The molecule has 5 rings (SSSR count). The molecule has 0 radical (unpaired) electrons. The number of rotatable bonds is 5. The number of fused-ring (bicyclic) bond motifs is 3. The summed E-state index contributed by atoms with van der Waals surface area (Å²) in [6.45, 7) is 1.12. The molecular formula is C26H25FN2O3. The Kier molecular flexibility index (Phi) is 5.41. The molecule has 0 saturated carbocycles. The maximum absolute atomic E-state index is 13.6. The second-order valence-corrected chi connectivity index (χ2v) is 8.32. The first-order valence-corrected chi connectivity index (χ1v) is 10.8. The molecule has 0 aromatic heterocycles. The number of aliphatic hydroxyl groups excluding tert-OH is 1. The Bertz CT molecular complexity index is 1130. The predicted molar refractivity (Wildman–Crippen MR) is 120 cm³/mol. The molecule has 2 aliphatic heterocycles. The summed E-state index contributed by atoms with van der Waals surface area (Å²) in [5.41, 5.74) is 3.45. The monoisotopic (exact) mass is 432 g/mol. The van der Waals surface area contributed by atoms with E-state index in [1.807, 2.05) is 41.3 Å². The van der Waals surface area contributed by atoms with Crippen LogP contribution < -0.4 is 9.64 Å². The molecule has 0 unspecified atom stereocenters. The zero-order chi connectivity index (χ0) is 22.2. The summed E-state index contributed by atoms with van der Waals surface area (Å²) in [6.07, 6.45) is 0. The van der Waals surface area contributed by atoms with Gasteiger partial charge in [0.1, 0.15) is 11.6 Å². The number of likely N-dealkylation sites (tertiary alicyclic amines) is 1. The lowest BCUT2D eigenvalue weighted by molar-refractivity contribution is -0.0488. The molecule has 3 aromatic carbocycles. The lowest BCUT2D eigenvalue weighted by Crippen LogP contribution is -2.68. The third kappa shape index (κ3) is 3.36. The van der Waals surface area contributed by atoms with Crippen LogP contribution in [0.1, 0.15) is 27.4 Å². The molecule has 6 heteroatoms. The first-order valence-electron chi connectivity index (χ1n) is 10.8. The number of nitrogens with zero attached hydrogens (tertiary/aromatic N) is 2. The van der Waals surface area contributed by atoms with Crippen molar-refractivity contribution >= 4 is 11.6 Å². The summed E-state index contributed by atoms with van der Waals surface area (Å²) in [6, 6.07) is 21.6. The van der Waals surface area contributed by atoms with Gasteiger partial charge in [-0.2, -0.15) is 0 Å². The van der Waals surface area contributed by atoms with E-state index in [1.165, 1.54) is 12.1 Å². The fourth-order valence-electron chi connectivity index (χ4n) is 5.16. The fraction of sp³-hybridized carbons (Fsp3) is 0.269. The summed E-state index contributed by atoms with van der Waals surface area (Å²) in [4.78, 5) is 17.6. The molecule has 0 bridgehead atoms. The number of ether oxygens (including phenoxy) is 1. The zero-order valence-corrected chi connectivity index (χ0v) is 17.8. The quantitative estimate of drug-likeness (QED) is 0.666. The minimum atomic E-state index is -0.269. The van der Waals surface area contributed by atoms with Crippen molar-refractivity contribution in [1.82, 2.24) is 4.90 Å². The number of carbonyl (C=O) groups is 1. The minimum absolute atomic E-state index is 0.0250. The Morgan fingerprint density at radius 3 is 2.53 bits per heavy atom. The number of benzene rings is 3. The summed E-state index contributed by atoms with van der Waals surface area (Å²) in [7, 11) is 1.56. The normalized spacial score (nSPS) is 22.0. The van der Waals surface area contributed by atoms with Crippen molar-refractivity contribution in [3.05, 3.63) is 95.3 Å². The van der Waals surface area contributed by atoms with E-state index in [2.05, 4.69) is 4.90 Å². The van der Waals surface area contributed by atoms with Gasteiger partial charge in [0, 0.05) is 36.8 Å². The van der Waals surface area contributed by atoms with Crippen molar-refractivity contribution in [2.24, 2.45) is 0 Å². The van der Waals surface area contributed by atoms with Gasteiger partial charge in [0.2, 0.25) is 0 Å². The number of methoxy groups -OCH3 is 1. The Morgan fingerprint density at radius 1 is 1.06 bits per heavy atom. The van der Waals surface area contributed by atoms with Crippen molar-refractivity contribution in [3.63, 3.8) is 0 Å². The van der Waals surface area contributed by atoms with E-state index < -0.39 is 0 Å². The highest BCUT2D eigenvalue weighted by atomic mass is 19.1. The van der Waals surface area contributed by atoms with Gasteiger partial charge < -0.3 is 14.7 Å².